The Morgan fingerprint density at radius 3 is 2.29 bits per heavy atom. The number of hydrogen-bond donors (Lipinski definition) is 3. The van der Waals surface area contributed by atoms with Crippen molar-refractivity contribution in [2.45, 2.75) is 23.8 Å². The topological polar surface area (TPSA) is 117 Å². The zero-order valence-corrected chi connectivity index (χ0v) is 18.0. The molecule has 1 aliphatic rings. The average molecular weight is 447 g/mol. The number of carbonyl (C=O) groups is 2. The minimum Gasteiger partial charge on any atom is -0.349 e. The highest BCUT2D eigenvalue weighted by molar-refractivity contribution is 7.89. The third-order valence-corrected chi connectivity index (χ3v) is 6.25. The van der Waals surface area contributed by atoms with Crippen LogP contribution in [0.15, 0.2) is 59.5 Å². The second kappa shape index (κ2) is 10.5. The van der Waals surface area contributed by atoms with E-state index in [-0.39, 0.29) is 22.8 Å². The van der Waals surface area contributed by atoms with Crippen LogP contribution < -0.4 is 15.5 Å². The molecule has 2 aromatic carbocycles. The minimum absolute atomic E-state index is 0.000461. The van der Waals surface area contributed by atoms with E-state index in [9.17, 15) is 18.0 Å². The van der Waals surface area contributed by atoms with Crippen molar-refractivity contribution >= 4 is 27.5 Å². The van der Waals surface area contributed by atoms with Gasteiger partial charge in [-0.25, -0.2) is 8.42 Å². The molecule has 0 atom stereocenters. The number of rotatable bonds is 8. The van der Waals surface area contributed by atoms with Gasteiger partial charge in [0.1, 0.15) is 0 Å². The first-order valence-electron chi connectivity index (χ1n) is 9.90. The molecule has 10 heteroatoms. The van der Waals surface area contributed by atoms with E-state index in [0.717, 1.165) is 18.5 Å². The predicted molar refractivity (Wildman–Crippen MR) is 116 cm³/mol. The number of para-hydroxylation sites is 1. The van der Waals surface area contributed by atoms with Crippen LogP contribution in [0, 0.1) is 0 Å². The summed E-state index contributed by atoms with van der Waals surface area (Å²) in [7, 11) is -2.55. The molecule has 0 radical (unpaired) electrons. The van der Waals surface area contributed by atoms with Gasteiger partial charge in [0.15, 0.2) is 0 Å². The molecule has 9 nitrogen and oxygen atoms in total. The lowest BCUT2D eigenvalue weighted by Gasteiger charge is -2.31. The van der Waals surface area contributed by atoms with E-state index < -0.39 is 10.0 Å². The van der Waals surface area contributed by atoms with Gasteiger partial charge in [-0.15, -0.1) is 0 Å². The number of piperidine rings is 1. The first-order valence-corrected chi connectivity index (χ1v) is 11.4. The van der Waals surface area contributed by atoms with E-state index in [1.807, 2.05) is 35.2 Å². The zero-order chi connectivity index (χ0) is 22.3. The number of hydrogen-bond acceptors (Lipinski definition) is 6. The molecule has 166 valence electrons. The molecule has 0 bridgehead atoms. The number of carbonyl (C=O) groups excluding carboxylic acids is 2. The van der Waals surface area contributed by atoms with Gasteiger partial charge in [0, 0.05) is 30.4 Å². The van der Waals surface area contributed by atoms with E-state index in [1.54, 1.807) is 0 Å². The second-order valence-corrected chi connectivity index (χ2v) is 8.90. The van der Waals surface area contributed by atoms with Gasteiger partial charge in [-0.3, -0.25) is 19.3 Å². The maximum Gasteiger partial charge on any atom is 0.262 e. The second-order valence-electron chi connectivity index (χ2n) is 7.25. The molecule has 0 saturated carbocycles. The normalized spacial score (nSPS) is 15.4. The lowest BCUT2D eigenvalue weighted by molar-refractivity contribution is -0.117. The van der Waals surface area contributed by atoms with Gasteiger partial charge in [0.05, 0.1) is 18.6 Å². The molecule has 3 N–H and O–H groups in total. The molecule has 1 aliphatic heterocycles. The third-order valence-electron chi connectivity index (χ3n) is 4.97. The molecule has 2 aromatic rings. The highest BCUT2D eigenvalue weighted by Crippen LogP contribution is 2.14. The lowest BCUT2D eigenvalue weighted by atomic mass is 10.0. The summed E-state index contributed by atoms with van der Waals surface area (Å²) in [6.45, 7) is 1.71. The monoisotopic (exact) mass is 446 g/mol. The van der Waals surface area contributed by atoms with Crippen LogP contribution in [0.25, 0.3) is 0 Å². The predicted octanol–water partition coefficient (Wildman–Crippen LogP) is 1.36. The number of amides is 2. The molecular formula is C21H26N4O5S. The zero-order valence-electron chi connectivity index (χ0n) is 17.2. The van der Waals surface area contributed by atoms with E-state index in [4.69, 9.17) is 0 Å². The SMILES string of the molecule is CONS(=O)(=O)c1ccc(C(=O)NC2CCN(CC(=O)Nc3ccccc3)CC2)cc1. The molecular weight excluding hydrogens is 420 g/mol. The Kier molecular flexibility index (Phi) is 7.75. The van der Waals surface area contributed by atoms with Crippen molar-refractivity contribution in [2.75, 3.05) is 32.1 Å². The summed E-state index contributed by atoms with van der Waals surface area (Å²) in [5.74, 6) is -0.324. The van der Waals surface area contributed by atoms with Crippen molar-refractivity contribution in [3.8, 4) is 0 Å². The van der Waals surface area contributed by atoms with Crippen molar-refractivity contribution in [3.63, 3.8) is 0 Å². The van der Waals surface area contributed by atoms with Crippen LogP contribution in [0.3, 0.4) is 0 Å². The van der Waals surface area contributed by atoms with Crippen LogP contribution >= 0.6 is 0 Å². The van der Waals surface area contributed by atoms with Gasteiger partial charge < -0.3 is 10.6 Å². The minimum atomic E-state index is -3.76. The lowest BCUT2D eigenvalue weighted by Crippen LogP contribution is -2.46. The maximum atomic E-state index is 12.5. The summed E-state index contributed by atoms with van der Waals surface area (Å²) in [5.41, 5.74) is 1.15. The third kappa shape index (κ3) is 6.59. The van der Waals surface area contributed by atoms with Crippen molar-refractivity contribution in [2.24, 2.45) is 0 Å². The van der Waals surface area contributed by atoms with Crippen molar-refractivity contribution in [1.82, 2.24) is 15.1 Å². The molecule has 0 unspecified atom stereocenters. The number of likely N-dealkylation sites (tertiary alicyclic amines) is 1. The van der Waals surface area contributed by atoms with Crippen LogP contribution in [-0.2, 0) is 19.7 Å². The Labute approximate surface area is 181 Å². The van der Waals surface area contributed by atoms with Crippen molar-refractivity contribution in [1.29, 1.82) is 0 Å². The Morgan fingerprint density at radius 2 is 1.68 bits per heavy atom. The number of nitrogens with zero attached hydrogens (tertiary/aromatic N) is 1. The van der Waals surface area contributed by atoms with Crippen molar-refractivity contribution in [3.05, 3.63) is 60.2 Å². The Balaban J connectivity index is 1.45. The number of nitrogens with one attached hydrogen (secondary N) is 3. The molecule has 31 heavy (non-hydrogen) atoms. The Bertz CT molecular complexity index is 988. The van der Waals surface area contributed by atoms with Crippen LogP contribution in [0.5, 0.6) is 0 Å². The fourth-order valence-corrected chi connectivity index (χ4v) is 4.18. The Hall–Kier alpha value is -2.79. The molecule has 1 saturated heterocycles. The van der Waals surface area contributed by atoms with E-state index in [1.165, 1.54) is 31.4 Å². The van der Waals surface area contributed by atoms with E-state index in [2.05, 4.69) is 20.4 Å². The molecule has 1 fully saturated rings. The standard InChI is InChI=1S/C21H26N4O5S/c1-30-24-31(28,29)19-9-7-16(8-10-19)21(27)23-18-11-13-25(14-12-18)15-20(26)22-17-5-3-2-4-6-17/h2-10,18,24H,11-15H2,1H3,(H,22,26)(H,23,27). The molecule has 2 amide bonds. The first-order chi connectivity index (χ1) is 14.9. The number of benzene rings is 2. The highest BCUT2D eigenvalue weighted by atomic mass is 32.2. The first kappa shape index (κ1) is 22.9. The summed E-state index contributed by atoms with van der Waals surface area (Å²) in [6, 6.07) is 14.9. The largest absolute Gasteiger partial charge is 0.349 e. The number of anilines is 1. The smallest absolute Gasteiger partial charge is 0.262 e. The van der Waals surface area contributed by atoms with Gasteiger partial charge in [-0.2, -0.15) is 0 Å². The molecule has 3 rings (SSSR count). The summed E-state index contributed by atoms with van der Waals surface area (Å²) >= 11 is 0. The summed E-state index contributed by atoms with van der Waals surface area (Å²) in [5, 5.41) is 5.85. The fourth-order valence-electron chi connectivity index (χ4n) is 3.37. The van der Waals surface area contributed by atoms with Crippen LogP contribution in [0.2, 0.25) is 0 Å². The molecule has 0 spiro atoms. The summed E-state index contributed by atoms with van der Waals surface area (Å²) in [6.07, 6.45) is 1.46. The van der Waals surface area contributed by atoms with Gasteiger partial charge in [-0.1, -0.05) is 23.1 Å². The van der Waals surface area contributed by atoms with Gasteiger partial charge in [-0.05, 0) is 49.2 Å². The van der Waals surface area contributed by atoms with Crippen LogP contribution in [0.4, 0.5) is 5.69 Å². The molecule has 0 aromatic heterocycles. The fraction of sp³-hybridized carbons (Fsp3) is 0.333. The van der Waals surface area contributed by atoms with E-state index >= 15 is 0 Å². The van der Waals surface area contributed by atoms with Gasteiger partial charge >= 0.3 is 0 Å². The van der Waals surface area contributed by atoms with Gasteiger partial charge in [0.25, 0.3) is 15.9 Å². The Morgan fingerprint density at radius 1 is 1.03 bits per heavy atom. The average Bonchev–Trinajstić information content (AvgIpc) is 2.76. The highest BCUT2D eigenvalue weighted by Gasteiger charge is 2.23. The summed E-state index contributed by atoms with van der Waals surface area (Å²) < 4.78 is 23.7. The van der Waals surface area contributed by atoms with Gasteiger partial charge in [0.2, 0.25) is 5.91 Å². The summed E-state index contributed by atoms with van der Waals surface area (Å²) in [4.78, 5) is 33.1. The quantitative estimate of drug-likeness (QED) is 0.527. The van der Waals surface area contributed by atoms with Crippen molar-refractivity contribution < 1.29 is 22.8 Å². The molecule has 1 heterocycles. The van der Waals surface area contributed by atoms with Crippen LogP contribution in [-0.4, -0.2) is 57.9 Å². The maximum absolute atomic E-state index is 12.5. The van der Waals surface area contributed by atoms with E-state index in [0.29, 0.717) is 25.2 Å². The number of sulfonamides is 1. The van der Waals surface area contributed by atoms with Crippen LogP contribution in [0.1, 0.15) is 23.2 Å². The molecule has 0 aliphatic carbocycles.